The summed E-state index contributed by atoms with van der Waals surface area (Å²) in [5, 5.41) is 2.56. The number of hydrogen-bond acceptors (Lipinski definition) is 4. The number of halogens is 2. The van der Waals surface area contributed by atoms with E-state index in [1.807, 2.05) is 18.4 Å². The Balaban J connectivity index is 2.13. The van der Waals surface area contributed by atoms with E-state index in [2.05, 4.69) is 10.3 Å². The number of anilines is 1. The summed E-state index contributed by atoms with van der Waals surface area (Å²) in [6, 6.07) is 5.47. The Labute approximate surface area is 120 Å². The molecule has 0 unspecified atom stereocenters. The first-order valence-electron chi connectivity index (χ1n) is 6.17. The molecule has 1 aromatic heterocycles. The summed E-state index contributed by atoms with van der Waals surface area (Å²) in [5.74, 6) is 2.53. The van der Waals surface area contributed by atoms with Crippen LogP contribution in [0, 0.1) is 18.6 Å². The normalized spacial score (nSPS) is 10.3. The summed E-state index contributed by atoms with van der Waals surface area (Å²) in [5.41, 5.74) is 2.90. The Kier molecular flexibility index (Phi) is 4.44. The minimum Gasteiger partial charge on any atom is -0.346 e. The minimum atomic E-state index is -0.934. The van der Waals surface area contributed by atoms with Crippen LogP contribution in [0.5, 0.6) is 0 Å². The van der Waals surface area contributed by atoms with Crippen LogP contribution in [-0.2, 0) is 6.54 Å². The highest BCUT2D eigenvalue weighted by atomic mass is 19.1. The fourth-order valence-electron chi connectivity index (χ4n) is 1.81. The van der Waals surface area contributed by atoms with Crippen molar-refractivity contribution in [2.24, 2.45) is 5.84 Å². The van der Waals surface area contributed by atoms with E-state index in [0.717, 1.165) is 17.7 Å². The van der Waals surface area contributed by atoms with Gasteiger partial charge in [-0.15, -0.1) is 0 Å². The molecule has 0 aliphatic heterocycles. The molecule has 0 atom stereocenters. The second-order valence-corrected chi connectivity index (χ2v) is 4.41. The van der Waals surface area contributed by atoms with E-state index >= 15 is 0 Å². The number of nitrogen functional groups attached to an aromatic ring is 1. The minimum absolute atomic E-state index is 0.127. The zero-order valence-corrected chi connectivity index (χ0v) is 11.3. The number of aryl methyl sites for hydroxylation is 1. The van der Waals surface area contributed by atoms with Gasteiger partial charge in [0.15, 0.2) is 11.6 Å². The largest absolute Gasteiger partial charge is 0.346 e. The first kappa shape index (κ1) is 14.9. The van der Waals surface area contributed by atoms with Gasteiger partial charge >= 0.3 is 0 Å². The van der Waals surface area contributed by atoms with Gasteiger partial charge in [0.1, 0.15) is 5.69 Å². The number of nitrogens with zero attached hydrogens (tertiary/aromatic N) is 1. The lowest BCUT2D eigenvalue weighted by Crippen LogP contribution is -2.24. The lowest BCUT2D eigenvalue weighted by atomic mass is 10.1. The summed E-state index contributed by atoms with van der Waals surface area (Å²) >= 11 is 0. The molecule has 0 saturated heterocycles. The number of nitrogens with one attached hydrogen (secondary N) is 2. The predicted molar refractivity (Wildman–Crippen MR) is 74.3 cm³/mol. The van der Waals surface area contributed by atoms with E-state index in [1.165, 1.54) is 0 Å². The quantitative estimate of drug-likeness (QED) is 0.594. The van der Waals surface area contributed by atoms with Crippen LogP contribution in [0.1, 0.15) is 21.6 Å². The summed E-state index contributed by atoms with van der Waals surface area (Å²) in [6.45, 7) is 2.03. The summed E-state index contributed by atoms with van der Waals surface area (Å²) < 4.78 is 27.0. The second-order valence-electron chi connectivity index (χ2n) is 4.41. The van der Waals surface area contributed by atoms with E-state index < -0.39 is 23.2 Å². The molecule has 7 heteroatoms. The third-order valence-electron chi connectivity index (χ3n) is 2.98. The van der Waals surface area contributed by atoms with Crippen molar-refractivity contribution in [3.63, 3.8) is 0 Å². The van der Waals surface area contributed by atoms with Crippen LogP contribution in [0.25, 0.3) is 0 Å². The molecule has 4 N–H and O–H groups in total. The summed E-state index contributed by atoms with van der Waals surface area (Å²) in [4.78, 5) is 16.0. The fraction of sp³-hybridized carbons (Fsp3) is 0.143. The van der Waals surface area contributed by atoms with Gasteiger partial charge in [0, 0.05) is 11.8 Å². The van der Waals surface area contributed by atoms with E-state index in [1.54, 1.807) is 12.3 Å². The first-order chi connectivity index (χ1) is 10.0. The highest BCUT2D eigenvalue weighted by Crippen LogP contribution is 2.19. The Morgan fingerprint density at radius 3 is 2.57 bits per heavy atom. The molecule has 21 heavy (non-hydrogen) atoms. The van der Waals surface area contributed by atoms with Gasteiger partial charge in [-0.2, -0.15) is 0 Å². The Hall–Kier alpha value is -2.54. The predicted octanol–water partition coefficient (Wildman–Crippen LogP) is 1.88. The molecular weight excluding hydrogens is 278 g/mol. The average molecular weight is 292 g/mol. The van der Waals surface area contributed by atoms with Crippen molar-refractivity contribution in [1.82, 2.24) is 10.3 Å². The molecule has 0 aliphatic carbocycles. The van der Waals surface area contributed by atoms with Gasteiger partial charge in [-0.3, -0.25) is 15.6 Å². The van der Waals surface area contributed by atoms with Crippen molar-refractivity contribution >= 4 is 11.6 Å². The molecule has 0 spiro atoms. The molecule has 0 bridgehead atoms. The van der Waals surface area contributed by atoms with Crippen LogP contribution in [0.15, 0.2) is 30.5 Å². The third kappa shape index (κ3) is 3.32. The molecule has 5 nitrogen and oxygen atoms in total. The Morgan fingerprint density at radius 2 is 2.00 bits per heavy atom. The van der Waals surface area contributed by atoms with Crippen molar-refractivity contribution in [3.8, 4) is 0 Å². The highest BCUT2D eigenvalue weighted by molar-refractivity contribution is 5.94. The van der Waals surface area contributed by atoms with Crippen molar-refractivity contribution < 1.29 is 13.6 Å². The molecule has 0 radical (unpaired) electrons. The molecular formula is C14H14F2N4O. The monoisotopic (exact) mass is 292 g/mol. The Morgan fingerprint density at radius 1 is 1.33 bits per heavy atom. The smallest absolute Gasteiger partial charge is 0.251 e. The highest BCUT2D eigenvalue weighted by Gasteiger charge is 2.14. The number of amides is 1. The lowest BCUT2D eigenvalue weighted by molar-refractivity contribution is 0.0949. The molecule has 0 aliphatic rings. The molecule has 1 heterocycles. The summed E-state index contributed by atoms with van der Waals surface area (Å²) in [6.07, 6.45) is 1.61. The van der Waals surface area contributed by atoms with Crippen molar-refractivity contribution in [1.29, 1.82) is 0 Å². The van der Waals surface area contributed by atoms with Crippen LogP contribution < -0.4 is 16.6 Å². The van der Waals surface area contributed by atoms with Gasteiger partial charge in [0.05, 0.1) is 12.2 Å². The van der Waals surface area contributed by atoms with E-state index in [4.69, 9.17) is 5.84 Å². The number of carbonyl (C=O) groups excluding carboxylic acids is 1. The van der Waals surface area contributed by atoms with Crippen LogP contribution in [0.3, 0.4) is 0 Å². The van der Waals surface area contributed by atoms with Crippen LogP contribution in [0.2, 0.25) is 0 Å². The van der Waals surface area contributed by atoms with E-state index in [9.17, 15) is 13.6 Å². The standard InChI is InChI=1S/C14H14F2N4O/c1-8-3-2-4-18-12(8)7-19-14(21)9-5-10(15)13(20-17)11(16)6-9/h2-6,20H,7,17H2,1H3,(H,19,21). The maximum atomic E-state index is 13.5. The number of pyridine rings is 1. The lowest BCUT2D eigenvalue weighted by Gasteiger charge is -2.09. The number of carbonyl (C=O) groups is 1. The summed E-state index contributed by atoms with van der Waals surface area (Å²) in [7, 11) is 0. The van der Waals surface area contributed by atoms with Gasteiger partial charge in [0.2, 0.25) is 0 Å². The number of nitrogens with two attached hydrogens (primary N) is 1. The van der Waals surface area contributed by atoms with Gasteiger partial charge in [0.25, 0.3) is 5.91 Å². The molecule has 1 amide bonds. The molecule has 0 fully saturated rings. The topological polar surface area (TPSA) is 80.0 Å². The maximum absolute atomic E-state index is 13.5. The average Bonchev–Trinajstić information content (AvgIpc) is 2.45. The third-order valence-corrected chi connectivity index (χ3v) is 2.98. The molecule has 2 rings (SSSR count). The fourth-order valence-corrected chi connectivity index (χ4v) is 1.81. The molecule has 1 aromatic carbocycles. The zero-order valence-electron chi connectivity index (χ0n) is 11.3. The number of aromatic nitrogens is 1. The number of hydrazine groups is 1. The molecule has 2 aromatic rings. The van der Waals surface area contributed by atoms with Gasteiger partial charge in [-0.25, -0.2) is 8.78 Å². The van der Waals surface area contributed by atoms with Crippen LogP contribution >= 0.6 is 0 Å². The number of hydrogen-bond donors (Lipinski definition) is 3. The molecule has 110 valence electrons. The second kappa shape index (κ2) is 6.27. The zero-order chi connectivity index (χ0) is 15.4. The number of rotatable bonds is 4. The number of benzene rings is 1. The maximum Gasteiger partial charge on any atom is 0.251 e. The SMILES string of the molecule is Cc1cccnc1CNC(=O)c1cc(F)c(NN)c(F)c1. The van der Waals surface area contributed by atoms with Crippen molar-refractivity contribution in [2.45, 2.75) is 13.5 Å². The first-order valence-corrected chi connectivity index (χ1v) is 6.17. The van der Waals surface area contributed by atoms with Gasteiger partial charge in [-0.1, -0.05) is 6.07 Å². The van der Waals surface area contributed by atoms with E-state index in [-0.39, 0.29) is 12.1 Å². The van der Waals surface area contributed by atoms with Gasteiger partial charge in [-0.05, 0) is 30.7 Å². The van der Waals surface area contributed by atoms with Gasteiger partial charge < -0.3 is 10.7 Å². The molecule has 0 saturated carbocycles. The van der Waals surface area contributed by atoms with E-state index in [0.29, 0.717) is 5.69 Å². The van der Waals surface area contributed by atoms with Crippen LogP contribution in [0.4, 0.5) is 14.5 Å². The van der Waals surface area contributed by atoms with Crippen LogP contribution in [-0.4, -0.2) is 10.9 Å². The van der Waals surface area contributed by atoms with Crippen molar-refractivity contribution in [2.75, 3.05) is 5.43 Å². The van der Waals surface area contributed by atoms with Crippen molar-refractivity contribution in [3.05, 3.63) is 58.9 Å². The Bertz CT molecular complexity index is 653.